The number of hydrogen-bond acceptors (Lipinski definition) is 3. The highest BCUT2D eigenvalue weighted by atomic mass is 35.5. The van der Waals surface area contributed by atoms with Gasteiger partial charge in [0, 0.05) is 16.7 Å². The first-order valence-electron chi connectivity index (χ1n) is 5.82. The van der Waals surface area contributed by atoms with Crippen molar-refractivity contribution in [1.29, 1.82) is 0 Å². The van der Waals surface area contributed by atoms with Gasteiger partial charge in [-0.1, -0.05) is 23.2 Å². The van der Waals surface area contributed by atoms with E-state index in [1.807, 2.05) is 26.1 Å². The molecule has 1 heterocycles. The second kappa shape index (κ2) is 5.87. The average Bonchev–Trinajstić information content (AvgIpc) is 2.80. The third-order valence-electron chi connectivity index (χ3n) is 2.95. The third kappa shape index (κ3) is 2.89. The first kappa shape index (κ1) is 14.3. The first-order valence-corrected chi connectivity index (χ1v) is 6.57. The zero-order valence-electron chi connectivity index (χ0n) is 11.0. The lowest BCUT2D eigenvalue weighted by Crippen LogP contribution is -2.17. The van der Waals surface area contributed by atoms with Gasteiger partial charge in [0.1, 0.15) is 11.5 Å². The summed E-state index contributed by atoms with van der Waals surface area (Å²) < 4.78 is 10.5. The molecule has 1 aromatic heterocycles. The van der Waals surface area contributed by atoms with E-state index in [4.69, 9.17) is 32.4 Å². The lowest BCUT2D eigenvalue weighted by atomic mass is 10.0. The van der Waals surface area contributed by atoms with E-state index >= 15 is 0 Å². The van der Waals surface area contributed by atoms with Crippen molar-refractivity contribution in [3.8, 4) is 5.75 Å². The number of ether oxygens (including phenoxy) is 1. The Morgan fingerprint density at radius 1 is 1.21 bits per heavy atom. The Bertz CT molecular complexity index is 581. The van der Waals surface area contributed by atoms with Crippen LogP contribution in [0.4, 0.5) is 0 Å². The molecular formula is C14H15Cl2NO2. The van der Waals surface area contributed by atoms with E-state index in [0.717, 1.165) is 16.9 Å². The Kier molecular flexibility index (Phi) is 4.40. The number of rotatable bonds is 4. The average molecular weight is 300 g/mol. The van der Waals surface area contributed by atoms with E-state index in [9.17, 15) is 0 Å². The highest BCUT2D eigenvalue weighted by Gasteiger charge is 2.19. The van der Waals surface area contributed by atoms with E-state index in [2.05, 4.69) is 5.32 Å². The van der Waals surface area contributed by atoms with Crippen LogP contribution in [-0.2, 0) is 0 Å². The SMILES string of the molecule is CNC(c1coc(C)c1)c1cc(Cl)c(OC)cc1Cl. The lowest BCUT2D eigenvalue weighted by molar-refractivity contribution is 0.415. The molecule has 0 aliphatic heterocycles. The van der Waals surface area contributed by atoms with Gasteiger partial charge < -0.3 is 14.5 Å². The van der Waals surface area contributed by atoms with Gasteiger partial charge in [0.2, 0.25) is 0 Å². The normalized spacial score (nSPS) is 12.5. The predicted octanol–water partition coefficient (Wildman–Crippen LogP) is 4.21. The van der Waals surface area contributed by atoms with Gasteiger partial charge in [0.05, 0.1) is 24.4 Å². The summed E-state index contributed by atoms with van der Waals surface area (Å²) >= 11 is 12.5. The first-order chi connectivity index (χ1) is 9.06. The molecule has 0 saturated heterocycles. The molecule has 1 N–H and O–H groups in total. The van der Waals surface area contributed by atoms with Crippen molar-refractivity contribution in [2.75, 3.05) is 14.2 Å². The van der Waals surface area contributed by atoms with Crippen LogP contribution in [0.1, 0.15) is 22.9 Å². The van der Waals surface area contributed by atoms with E-state index < -0.39 is 0 Å². The van der Waals surface area contributed by atoms with Crippen molar-refractivity contribution in [3.63, 3.8) is 0 Å². The molecule has 1 aromatic carbocycles. The van der Waals surface area contributed by atoms with Crippen LogP contribution in [0.15, 0.2) is 28.9 Å². The fourth-order valence-electron chi connectivity index (χ4n) is 2.04. The summed E-state index contributed by atoms with van der Waals surface area (Å²) in [7, 11) is 3.42. The van der Waals surface area contributed by atoms with Crippen molar-refractivity contribution >= 4 is 23.2 Å². The number of methoxy groups -OCH3 is 1. The van der Waals surface area contributed by atoms with Crippen LogP contribution in [-0.4, -0.2) is 14.2 Å². The minimum Gasteiger partial charge on any atom is -0.495 e. The Morgan fingerprint density at radius 2 is 1.95 bits per heavy atom. The van der Waals surface area contributed by atoms with Crippen LogP contribution in [0, 0.1) is 6.92 Å². The van der Waals surface area contributed by atoms with Gasteiger partial charge in [-0.3, -0.25) is 0 Å². The van der Waals surface area contributed by atoms with Gasteiger partial charge >= 0.3 is 0 Å². The van der Waals surface area contributed by atoms with Crippen molar-refractivity contribution < 1.29 is 9.15 Å². The molecule has 0 fully saturated rings. The molecule has 5 heteroatoms. The van der Waals surface area contributed by atoms with Crippen LogP contribution >= 0.6 is 23.2 Å². The summed E-state index contributed by atoms with van der Waals surface area (Å²) in [4.78, 5) is 0. The fraction of sp³-hybridized carbons (Fsp3) is 0.286. The molecular weight excluding hydrogens is 285 g/mol. The molecule has 19 heavy (non-hydrogen) atoms. The summed E-state index contributed by atoms with van der Waals surface area (Å²) in [6.07, 6.45) is 1.71. The molecule has 0 bridgehead atoms. The lowest BCUT2D eigenvalue weighted by Gasteiger charge is -2.18. The molecule has 2 rings (SSSR count). The van der Waals surface area contributed by atoms with Crippen LogP contribution in [0.3, 0.4) is 0 Å². The minimum absolute atomic E-state index is 0.0756. The van der Waals surface area contributed by atoms with Gasteiger partial charge in [0.25, 0.3) is 0 Å². The molecule has 1 unspecified atom stereocenters. The fourth-order valence-corrected chi connectivity index (χ4v) is 2.55. The Hall–Kier alpha value is -1.16. The highest BCUT2D eigenvalue weighted by molar-refractivity contribution is 6.34. The van der Waals surface area contributed by atoms with E-state index in [1.54, 1.807) is 19.4 Å². The second-order valence-electron chi connectivity index (χ2n) is 4.22. The quantitative estimate of drug-likeness (QED) is 0.918. The summed E-state index contributed by atoms with van der Waals surface area (Å²) in [5.74, 6) is 1.42. The zero-order chi connectivity index (χ0) is 14.0. The maximum Gasteiger partial charge on any atom is 0.138 e. The standard InChI is InChI=1S/C14H15Cl2NO2/c1-8-4-9(7-19-8)14(17-2)10-5-12(16)13(18-3)6-11(10)15/h4-7,14,17H,1-3H3. The molecule has 102 valence electrons. The zero-order valence-corrected chi connectivity index (χ0v) is 12.5. The Labute approximate surface area is 122 Å². The van der Waals surface area contributed by atoms with Crippen LogP contribution in [0.25, 0.3) is 0 Å². The number of furan rings is 1. The largest absolute Gasteiger partial charge is 0.495 e. The molecule has 0 spiro atoms. The molecule has 2 aromatic rings. The van der Waals surface area contributed by atoms with Gasteiger partial charge in [-0.15, -0.1) is 0 Å². The maximum atomic E-state index is 6.30. The number of benzene rings is 1. The molecule has 1 atom stereocenters. The van der Waals surface area contributed by atoms with Crippen molar-refractivity contribution in [1.82, 2.24) is 5.32 Å². The van der Waals surface area contributed by atoms with Crippen molar-refractivity contribution in [2.45, 2.75) is 13.0 Å². The second-order valence-corrected chi connectivity index (χ2v) is 5.04. The van der Waals surface area contributed by atoms with Crippen LogP contribution in [0.2, 0.25) is 10.0 Å². The van der Waals surface area contributed by atoms with Gasteiger partial charge in [0.15, 0.2) is 0 Å². The van der Waals surface area contributed by atoms with Crippen molar-refractivity contribution in [2.24, 2.45) is 0 Å². The Morgan fingerprint density at radius 3 is 2.47 bits per heavy atom. The highest BCUT2D eigenvalue weighted by Crippen LogP contribution is 2.36. The number of nitrogens with one attached hydrogen (secondary N) is 1. The molecule has 0 aliphatic rings. The smallest absolute Gasteiger partial charge is 0.138 e. The Balaban J connectivity index is 2.47. The number of hydrogen-bond donors (Lipinski definition) is 1. The summed E-state index contributed by atoms with van der Waals surface area (Å²) in [6, 6.07) is 5.42. The molecule has 0 radical (unpaired) electrons. The van der Waals surface area contributed by atoms with Crippen LogP contribution < -0.4 is 10.1 Å². The summed E-state index contributed by atoms with van der Waals surface area (Å²) in [5.41, 5.74) is 1.89. The molecule has 3 nitrogen and oxygen atoms in total. The van der Waals surface area contributed by atoms with Gasteiger partial charge in [-0.2, -0.15) is 0 Å². The summed E-state index contributed by atoms with van der Waals surface area (Å²) in [5, 5.41) is 4.34. The predicted molar refractivity (Wildman–Crippen MR) is 77.4 cm³/mol. The summed E-state index contributed by atoms with van der Waals surface area (Å²) in [6.45, 7) is 1.90. The third-order valence-corrected chi connectivity index (χ3v) is 3.58. The van der Waals surface area contributed by atoms with E-state index in [0.29, 0.717) is 15.8 Å². The number of aryl methyl sites for hydroxylation is 1. The van der Waals surface area contributed by atoms with Gasteiger partial charge in [-0.25, -0.2) is 0 Å². The van der Waals surface area contributed by atoms with E-state index in [-0.39, 0.29) is 6.04 Å². The molecule has 0 amide bonds. The van der Waals surface area contributed by atoms with Crippen molar-refractivity contribution in [3.05, 3.63) is 51.4 Å². The molecule has 0 aliphatic carbocycles. The monoisotopic (exact) mass is 299 g/mol. The van der Waals surface area contributed by atoms with E-state index in [1.165, 1.54) is 0 Å². The maximum absolute atomic E-state index is 6.30. The molecule has 0 saturated carbocycles. The minimum atomic E-state index is -0.0756. The topological polar surface area (TPSA) is 34.4 Å². The number of halogens is 2. The van der Waals surface area contributed by atoms with Gasteiger partial charge in [-0.05, 0) is 31.7 Å². The van der Waals surface area contributed by atoms with Crippen LogP contribution in [0.5, 0.6) is 5.75 Å².